The van der Waals surface area contributed by atoms with Crippen molar-refractivity contribution in [2.45, 2.75) is 13.5 Å². The number of rotatable bonds is 9. The molecule has 10 nitrogen and oxygen atoms in total. The summed E-state index contributed by atoms with van der Waals surface area (Å²) >= 11 is 1.52. The van der Waals surface area contributed by atoms with E-state index in [4.69, 9.17) is 9.47 Å². The Labute approximate surface area is 175 Å². The molecule has 0 unspecified atom stereocenters. The van der Waals surface area contributed by atoms with E-state index in [1.165, 1.54) is 46.5 Å². The van der Waals surface area contributed by atoms with E-state index in [9.17, 15) is 19.7 Å². The minimum atomic E-state index is -0.702. The first kappa shape index (κ1) is 21.0. The third-order valence-corrected chi connectivity index (χ3v) is 4.75. The summed E-state index contributed by atoms with van der Waals surface area (Å²) in [6.07, 6.45) is 1.42. The Bertz CT molecular complexity index is 1030. The highest BCUT2D eigenvalue weighted by molar-refractivity contribution is 7.09. The number of non-ortho nitro benzene ring substituents is 1. The molecule has 1 amide bonds. The topological polar surface area (TPSA) is 126 Å². The molecule has 1 N–H and O–H groups in total. The normalized spacial score (nSPS) is 10.4. The third-order valence-electron chi connectivity index (χ3n) is 3.87. The van der Waals surface area contributed by atoms with Gasteiger partial charge in [-0.2, -0.15) is 5.10 Å². The molecule has 11 heteroatoms. The second kappa shape index (κ2) is 9.65. The van der Waals surface area contributed by atoms with E-state index in [1.54, 1.807) is 6.92 Å². The van der Waals surface area contributed by atoms with E-state index < -0.39 is 10.9 Å². The van der Waals surface area contributed by atoms with Crippen LogP contribution in [0, 0.1) is 10.1 Å². The molecule has 0 radical (unpaired) electrons. The number of carbonyl (C=O) groups is 2. The van der Waals surface area contributed by atoms with E-state index in [0.717, 1.165) is 4.88 Å². The van der Waals surface area contributed by atoms with Crippen molar-refractivity contribution >= 4 is 28.9 Å². The highest BCUT2D eigenvalue weighted by Gasteiger charge is 2.21. The number of esters is 1. The van der Waals surface area contributed by atoms with Crippen molar-refractivity contribution in [1.82, 2.24) is 15.1 Å². The second-order valence-corrected chi connectivity index (χ2v) is 6.96. The molecule has 156 valence electrons. The van der Waals surface area contributed by atoms with E-state index in [2.05, 4.69) is 10.4 Å². The molecule has 0 bridgehead atoms. The molecule has 0 spiro atoms. The molecule has 3 rings (SSSR count). The SMILES string of the molecule is CCOC(=O)c1nn(-c2ccc([N+](=O)[O-])cc2)cc1OCC(=O)NCc1cccs1. The first-order chi connectivity index (χ1) is 14.5. The molecule has 2 heterocycles. The fraction of sp³-hybridized carbons (Fsp3) is 0.211. The van der Waals surface area contributed by atoms with Gasteiger partial charge >= 0.3 is 5.97 Å². The molecule has 1 aromatic carbocycles. The summed E-state index contributed by atoms with van der Waals surface area (Å²) in [5.41, 5.74) is 0.305. The average molecular weight is 430 g/mol. The summed E-state index contributed by atoms with van der Waals surface area (Å²) in [6, 6.07) is 9.40. The summed E-state index contributed by atoms with van der Waals surface area (Å²) in [7, 11) is 0. The molecular formula is C19H18N4O6S. The van der Waals surface area contributed by atoms with Crippen molar-refractivity contribution in [1.29, 1.82) is 0 Å². The molecule has 2 aromatic heterocycles. The van der Waals surface area contributed by atoms with Gasteiger partial charge < -0.3 is 14.8 Å². The summed E-state index contributed by atoms with van der Waals surface area (Å²) in [6.45, 7) is 1.87. The van der Waals surface area contributed by atoms with Crippen LogP contribution in [0.25, 0.3) is 5.69 Å². The molecule has 0 saturated heterocycles. The largest absolute Gasteiger partial charge is 0.480 e. The number of aromatic nitrogens is 2. The molecule has 0 aliphatic rings. The number of thiophene rings is 1. The molecule has 0 saturated carbocycles. The lowest BCUT2D eigenvalue weighted by Crippen LogP contribution is -2.28. The zero-order valence-corrected chi connectivity index (χ0v) is 16.8. The summed E-state index contributed by atoms with van der Waals surface area (Å²) in [5.74, 6) is -0.994. The maximum atomic E-state index is 12.2. The van der Waals surface area contributed by atoms with E-state index >= 15 is 0 Å². The van der Waals surface area contributed by atoms with Gasteiger partial charge in [-0.15, -0.1) is 11.3 Å². The maximum absolute atomic E-state index is 12.2. The minimum Gasteiger partial charge on any atom is -0.480 e. The fourth-order valence-electron chi connectivity index (χ4n) is 2.46. The van der Waals surface area contributed by atoms with Gasteiger partial charge in [0, 0.05) is 17.0 Å². The van der Waals surface area contributed by atoms with Gasteiger partial charge in [0.2, 0.25) is 5.69 Å². The number of hydrogen-bond acceptors (Lipinski definition) is 8. The van der Waals surface area contributed by atoms with Gasteiger partial charge in [0.15, 0.2) is 12.4 Å². The summed E-state index contributed by atoms with van der Waals surface area (Å²) < 4.78 is 11.8. The second-order valence-electron chi connectivity index (χ2n) is 5.93. The van der Waals surface area contributed by atoms with Crippen LogP contribution >= 0.6 is 11.3 Å². The highest BCUT2D eigenvalue weighted by atomic mass is 32.1. The van der Waals surface area contributed by atoms with Crippen molar-refractivity contribution in [2.75, 3.05) is 13.2 Å². The zero-order valence-electron chi connectivity index (χ0n) is 15.9. The molecule has 0 aliphatic carbocycles. The molecule has 0 fully saturated rings. The first-order valence-corrected chi connectivity index (χ1v) is 9.79. The third kappa shape index (κ3) is 5.20. The van der Waals surface area contributed by atoms with Gasteiger partial charge in [-0.3, -0.25) is 14.9 Å². The zero-order chi connectivity index (χ0) is 21.5. The predicted octanol–water partition coefficient (Wildman–Crippen LogP) is 2.71. The van der Waals surface area contributed by atoms with Crippen LogP contribution in [0.3, 0.4) is 0 Å². The monoisotopic (exact) mass is 430 g/mol. The number of nitro groups is 1. The smallest absolute Gasteiger partial charge is 0.362 e. The van der Waals surface area contributed by atoms with Gasteiger partial charge in [0.25, 0.3) is 11.6 Å². The predicted molar refractivity (Wildman–Crippen MR) is 108 cm³/mol. The maximum Gasteiger partial charge on any atom is 0.362 e. The first-order valence-electron chi connectivity index (χ1n) is 8.91. The Morgan fingerprint density at radius 2 is 2.03 bits per heavy atom. The van der Waals surface area contributed by atoms with Crippen molar-refractivity contribution in [3.05, 3.63) is 68.7 Å². The lowest BCUT2D eigenvalue weighted by Gasteiger charge is -2.06. The number of carbonyl (C=O) groups excluding carboxylic acids is 2. The number of hydrogen-bond donors (Lipinski definition) is 1. The van der Waals surface area contributed by atoms with Crippen LogP contribution in [0.1, 0.15) is 22.3 Å². The van der Waals surface area contributed by atoms with Crippen LogP contribution in [-0.2, 0) is 16.1 Å². The van der Waals surface area contributed by atoms with Gasteiger partial charge in [0.1, 0.15) is 0 Å². The number of ether oxygens (including phenoxy) is 2. The van der Waals surface area contributed by atoms with E-state index in [1.807, 2.05) is 17.5 Å². The number of nitro benzene ring substituents is 1. The van der Waals surface area contributed by atoms with Crippen LogP contribution in [0.2, 0.25) is 0 Å². The van der Waals surface area contributed by atoms with Gasteiger partial charge in [-0.05, 0) is 30.5 Å². The van der Waals surface area contributed by atoms with Crippen LogP contribution in [0.4, 0.5) is 5.69 Å². The number of amides is 1. The quantitative estimate of drug-likeness (QED) is 0.314. The lowest BCUT2D eigenvalue weighted by atomic mass is 10.3. The Morgan fingerprint density at radius 3 is 2.67 bits per heavy atom. The van der Waals surface area contributed by atoms with Crippen LogP contribution in [0.15, 0.2) is 48.0 Å². The molecule has 0 atom stereocenters. The molecule has 3 aromatic rings. The fourth-order valence-corrected chi connectivity index (χ4v) is 3.10. The van der Waals surface area contributed by atoms with Gasteiger partial charge in [-0.1, -0.05) is 6.07 Å². The van der Waals surface area contributed by atoms with E-state index in [0.29, 0.717) is 12.2 Å². The molecule has 30 heavy (non-hydrogen) atoms. The number of nitrogens with zero attached hydrogens (tertiary/aromatic N) is 3. The minimum absolute atomic E-state index is 0.0677. The number of benzene rings is 1. The van der Waals surface area contributed by atoms with Crippen molar-refractivity contribution in [3.63, 3.8) is 0 Å². The molecule has 0 aliphatic heterocycles. The summed E-state index contributed by atoms with van der Waals surface area (Å²) in [5, 5.41) is 19.6. The number of nitrogens with one attached hydrogen (secondary N) is 1. The Hall–Kier alpha value is -3.73. The van der Waals surface area contributed by atoms with Gasteiger partial charge in [0.05, 0.1) is 30.0 Å². The Balaban J connectivity index is 1.73. The Morgan fingerprint density at radius 1 is 1.27 bits per heavy atom. The Kier molecular flexibility index (Phi) is 6.75. The van der Waals surface area contributed by atoms with Crippen molar-refractivity contribution in [2.24, 2.45) is 0 Å². The molecular weight excluding hydrogens is 412 g/mol. The van der Waals surface area contributed by atoms with E-state index in [-0.39, 0.29) is 36.3 Å². The average Bonchev–Trinajstić information content (AvgIpc) is 3.41. The highest BCUT2D eigenvalue weighted by Crippen LogP contribution is 2.22. The van der Waals surface area contributed by atoms with Crippen LogP contribution < -0.4 is 10.1 Å². The lowest BCUT2D eigenvalue weighted by molar-refractivity contribution is -0.384. The standard InChI is InChI=1S/C19H18N4O6S/c1-2-28-19(25)18-16(29-12-17(24)20-10-15-4-3-9-30-15)11-22(21-18)13-5-7-14(8-6-13)23(26)27/h3-9,11H,2,10,12H2,1H3,(H,20,24). The van der Waals surface area contributed by atoms with Crippen molar-refractivity contribution < 1.29 is 24.0 Å². The van der Waals surface area contributed by atoms with Crippen molar-refractivity contribution in [3.8, 4) is 11.4 Å². The van der Waals surface area contributed by atoms with Gasteiger partial charge in [-0.25, -0.2) is 9.48 Å². The van der Waals surface area contributed by atoms with Crippen LogP contribution in [0.5, 0.6) is 5.75 Å². The van der Waals surface area contributed by atoms with Crippen LogP contribution in [-0.4, -0.2) is 39.8 Å². The summed E-state index contributed by atoms with van der Waals surface area (Å²) in [4.78, 5) is 35.6.